The van der Waals surface area contributed by atoms with Gasteiger partial charge < -0.3 is 24.4 Å². The summed E-state index contributed by atoms with van der Waals surface area (Å²) in [5.74, 6) is 1.45. The number of halogens is 2. The largest absolute Gasteiger partial charge is 0.493 e. The molecule has 1 fully saturated rings. The zero-order valence-electron chi connectivity index (χ0n) is 20.8. The average Bonchev–Trinajstić information content (AvgIpc) is 2.83. The molecule has 2 aromatic carbocycles. The Kier molecular flexibility index (Phi) is 7.82. The summed E-state index contributed by atoms with van der Waals surface area (Å²) in [4.78, 5) is 22.7. The summed E-state index contributed by atoms with van der Waals surface area (Å²) < 4.78 is 32.2. The second-order valence-electron chi connectivity index (χ2n) is 9.71. The maximum Gasteiger partial charge on any atom is 0.410 e. The molecule has 4 rings (SSSR count). The highest BCUT2D eigenvalue weighted by atomic mass is 79.9. The van der Waals surface area contributed by atoms with Crippen molar-refractivity contribution < 1.29 is 23.4 Å². The summed E-state index contributed by atoms with van der Waals surface area (Å²) in [5.41, 5.74) is 0.436. The van der Waals surface area contributed by atoms with E-state index in [2.05, 4.69) is 31.2 Å². The van der Waals surface area contributed by atoms with Crippen molar-refractivity contribution in [2.24, 2.45) is 5.92 Å². The van der Waals surface area contributed by atoms with Crippen LogP contribution in [0.15, 0.2) is 41.1 Å². The predicted octanol–water partition coefficient (Wildman–Crippen LogP) is 6.31. The highest BCUT2D eigenvalue weighted by Gasteiger charge is 2.27. The molecule has 1 aliphatic rings. The van der Waals surface area contributed by atoms with Crippen LogP contribution in [0.1, 0.15) is 33.6 Å². The molecule has 0 spiro atoms. The lowest BCUT2D eigenvalue weighted by Gasteiger charge is -2.33. The Morgan fingerprint density at radius 2 is 1.92 bits per heavy atom. The van der Waals surface area contributed by atoms with Crippen LogP contribution in [-0.4, -0.2) is 53.4 Å². The molecule has 2 heterocycles. The number of nitrogens with one attached hydrogen (secondary N) is 1. The van der Waals surface area contributed by atoms with Gasteiger partial charge in [-0.05, 0) is 63.8 Å². The fourth-order valence-electron chi connectivity index (χ4n) is 3.97. The SMILES string of the molecule is COc1cc2c(Nc3ccc(Br)cc3F)ncnc2cc1OCC1CCN(C(=O)OC(C)(C)C)CC1. The maximum absolute atomic E-state index is 14.4. The maximum atomic E-state index is 14.4. The summed E-state index contributed by atoms with van der Waals surface area (Å²) in [6, 6.07) is 8.36. The van der Waals surface area contributed by atoms with Gasteiger partial charge in [0.15, 0.2) is 11.5 Å². The van der Waals surface area contributed by atoms with Gasteiger partial charge in [-0.3, -0.25) is 0 Å². The van der Waals surface area contributed by atoms with Crippen LogP contribution in [0.5, 0.6) is 11.5 Å². The Morgan fingerprint density at radius 1 is 1.17 bits per heavy atom. The van der Waals surface area contributed by atoms with Crippen LogP contribution in [0.4, 0.5) is 20.7 Å². The van der Waals surface area contributed by atoms with Gasteiger partial charge in [-0.1, -0.05) is 15.9 Å². The minimum atomic E-state index is -0.505. The van der Waals surface area contributed by atoms with Crippen molar-refractivity contribution in [1.29, 1.82) is 0 Å². The summed E-state index contributed by atoms with van der Waals surface area (Å²) >= 11 is 3.26. The number of hydrogen-bond donors (Lipinski definition) is 1. The third kappa shape index (κ3) is 6.34. The van der Waals surface area contributed by atoms with Crippen molar-refractivity contribution in [2.75, 3.05) is 32.1 Å². The van der Waals surface area contributed by atoms with Crippen LogP contribution in [-0.2, 0) is 4.74 Å². The molecule has 0 unspecified atom stereocenters. The number of likely N-dealkylation sites (tertiary alicyclic amines) is 1. The van der Waals surface area contributed by atoms with E-state index < -0.39 is 11.4 Å². The molecule has 1 saturated heterocycles. The van der Waals surface area contributed by atoms with Crippen molar-refractivity contribution in [2.45, 2.75) is 39.2 Å². The van der Waals surface area contributed by atoms with Crippen molar-refractivity contribution in [3.8, 4) is 11.5 Å². The Morgan fingerprint density at radius 3 is 2.58 bits per heavy atom. The number of fused-ring (bicyclic) bond motifs is 1. The van der Waals surface area contributed by atoms with Crippen LogP contribution in [0.25, 0.3) is 10.9 Å². The van der Waals surface area contributed by atoms with Crippen molar-refractivity contribution in [3.63, 3.8) is 0 Å². The van der Waals surface area contributed by atoms with E-state index in [0.717, 1.165) is 12.8 Å². The van der Waals surface area contributed by atoms with Gasteiger partial charge in [0.25, 0.3) is 0 Å². The molecule has 0 aliphatic carbocycles. The number of benzene rings is 2. The first-order valence-corrected chi connectivity index (χ1v) is 12.6. The zero-order chi connectivity index (χ0) is 25.9. The van der Waals surface area contributed by atoms with Gasteiger partial charge in [-0.15, -0.1) is 0 Å². The van der Waals surface area contributed by atoms with Crippen molar-refractivity contribution >= 4 is 44.4 Å². The molecule has 1 aromatic heterocycles. The summed E-state index contributed by atoms with van der Waals surface area (Å²) in [7, 11) is 1.57. The normalized spacial score (nSPS) is 14.6. The molecule has 10 heteroatoms. The highest BCUT2D eigenvalue weighted by molar-refractivity contribution is 9.10. The van der Waals surface area contributed by atoms with E-state index in [1.807, 2.05) is 20.8 Å². The fourth-order valence-corrected chi connectivity index (χ4v) is 4.30. The summed E-state index contributed by atoms with van der Waals surface area (Å²) in [6.45, 7) is 7.35. The lowest BCUT2D eigenvalue weighted by molar-refractivity contribution is 0.0164. The van der Waals surface area contributed by atoms with E-state index in [-0.39, 0.29) is 6.09 Å². The summed E-state index contributed by atoms with van der Waals surface area (Å²) in [5, 5.41) is 3.71. The molecule has 192 valence electrons. The molecule has 1 N–H and O–H groups in total. The van der Waals surface area contributed by atoms with E-state index >= 15 is 0 Å². The Bertz CT molecular complexity index is 1240. The van der Waals surface area contributed by atoms with E-state index in [1.54, 1.807) is 36.3 Å². The van der Waals surface area contributed by atoms with Crippen molar-refractivity contribution in [1.82, 2.24) is 14.9 Å². The Balaban J connectivity index is 1.44. The molecule has 1 aliphatic heterocycles. The van der Waals surface area contributed by atoms with Gasteiger partial charge in [0.2, 0.25) is 0 Å². The van der Waals surface area contributed by atoms with Gasteiger partial charge in [0, 0.05) is 29.0 Å². The van der Waals surface area contributed by atoms with E-state index in [0.29, 0.717) is 64.0 Å². The van der Waals surface area contributed by atoms with Gasteiger partial charge in [-0.25, -0.2) is 19.2 Å². The Labute approximate surface area is 218 Å². The number of carbonyl (C=O) groups excluding carboxylic acids is 1. The standard InChI is InChI=1S/C26H30BrFN4O4/c1-26(2,3)36-25(33)32-9-7-16(8-10-32)14-35-23-13-21-18(12-22(23)34-4)24(30-15-29-21)31-20-6-5-17(27)11-19(20)28/h5-6,11-13,15-16H,7-10,14H2,1-4H3,(H,29,30,31). The average molecular weight is 561 g/mol. The quantitative estimate of drug-likeness (QED) is 0.378. The van der Waals surface area contributed by atoms with E-state index in [4.69, 9.17) is 14.2 Å². The lowest BCUT2D eigenvalue weighted by atomic mass is 9.98. The molecule has 0 bridgehead atoms. The van der Waals surface area contributed by atoms with Gasteiger partial charge in [-0.2, -0.15) is 0 Å². The third-order valence-corrected chi connectivity index (χ3v) is 6.34. The minimum absolute atomic E-state index is 0.273. The smallest absolute Gasteiger partial charge is 0.410 e. The van der Waals surface area contributed by atoms with Crippen LogP contribution in [0.3, 0.4) is 0 Å². The number of rotatable bonds is 6. The first kappa shape index (κ1) is 25.9. The van der Waals surface area contributed by atoms with Crippen LogP contribution in [0.2, 0.25) is 0 Å². The molecule has 0 radical (unpaired) electrons. The monoisotopic (exact) mass is 560 g/mol. The number of nitrogens with zero attached hydrogens (tertiary/aromatic N) is 3. The molecular formula is C26H30BrFN4O4. The molecule has 0 saturated carbocycles. The molecular weight excluding hydrogens is 531 g/mol. The molecule has 3 aromatic rings. The highest BCUT2D eigenvalue weighted by Crippen LogP contribution is 2.36. The molecule has 0 atom stereocenters. The Hall–Kier alpha value is -3.14. The second kappa shape index (κ2) is 10.9. The second-order valence-corrected chi connectivity index (χ2v) is 10.6. The fraction of sp³-hybridized carbons (Fsp3) is 0.423. The number of anilines is 2. The van der Waals surface area contributed by atoms with Gasteiger partial charge >= 0.3 is 6.09 Å². The van der Waals surface area contributed by atoms with Crippen molar-refractivity contribution in [3.05, 3.63) is 46.9 Å². The van der Waals surface area contributed by atoms with Crippen LogP contribution < -0.4 is 14.8 Å². The predicted molar refractivity (Wildman–Crippen MR) is 139 cm³/mol. The number of amides is 1. The number of aromatic nitrogens is 2. The zero-order valence-corrected chi connectivity index (χ0v) is 22.4. The van der Waals surface area contributed by atoms with Crippen LogP contribution in [0, 0.1) is 11.7 Å². The molecule has 36 heavy (non-hydrogen) atoms. The first-order valence-electron chi connectivity index (χ1n) is 11.8. The van der Waals surface area contributed by atoms with E-state index in [9.17, 15) is 9.18 Å². The third-order valence-electron chi connectivity index (χ3n) is 5.85. The molecule has 8 nitrogen and oxygen atoms in total. The summed E-state index contributed by atoms with van der Waals surface area (Å²) in [6.07, 6.45) is 2.79. The number of piperidine rings is 1. The minimum Gasteiger partial charge on any atom is -0.493 e. The lowest BCUT2D eigenvalue weighted by Crippen LogP contribution is -2.42. The number of methoxy groups -OCH3 is 1. The first-order chi connectivity index (χ1) is 17.1. The van der Waals surface area contributed by atoms with Gasteiger partial charge in [0.05, 0.1) is 24.9 Å². The number of hydrogen-bond acceptors (Lipinski definition) is 7. The topological polar surface area (TPSA) is 85.8 Å². The van der Waals surface area contributed by atoms with E-state index in [1.165, 1.54) is 12.4 Å². The van der Waals surface area contributed by atoms with Gasteiger partial charge in [0.1, 0.15) is 23.6 Å². The molecule has 1 amide bonds. The van der Waals surface area contributed by atoms with Crippen LogP contribution >= 0.6 is 15.9 Å². The number of carbonyl (C=O) groups is 1. The number of ether oxygens (including phenoxy) is 3.